The molecule has 0 aliphatic rings. The van der Waals surface area contributed by atoms with Crippen LogP contribution in [0.3, 0.4) is 0 Å². The standard InChI is InChI=1S/C10H11F2NO2.ClH/c1-5-3-4-6(8(12)7(5)11)9(13)10(14)15-2;/h3-4,9H,13H2,1-2H3;1H/t9-;/m0./s1. The van der Waals surface area contributed by atoms with Crippen molar-refractivity contribution in [2.24, 2.45) is 5.73 Å². The van der Waals surface area contributed by atoms with Crippen LogP contribution in [0.4, 0.5) is 8.78 Å². The Hall–Kier alpha value is -1.20. The summed E-state index contributed by atoms with van der Waals surface area (Å²) in [6, 6.07) is 1.33. The Bertz CT molecular complexity index is 399. The first kappa shape index (κ1) is 14.8. The maximum Gasteiger partial charge on any atom is 0.327 e. The number of hydrogen-bond acceptors (Lipinski definition) is 3. The van der Waals surface area contributed by atoms with Gasteiger partial charge in [-0.15, -0.1) is 12.4 Å². The molecule has 0 fully saturated rings. The van der Waals surface area contributed by atoms with Gasteiger partial charge in [-0.2, -0.15) is 0 Å². The molecule has 0 aliphatic carbocycles. The minimum Gasteiger partial charge on any atom is -0.468 e. The number of halogens is 3. The molecule has 3 nitrogen and oxygen atoms in total. The minimum absolute atomic E-state index is 0. The van der Waals surface area contributed by atoms with Gasteiger partial charge in [0.25, 0.3) is 0 Å². The van der Waals surface area contributed by atoms with Crippen molar-refractivity contribution in [3.8, 4) is 0 Å². The Balaban J connectivity index is 0.00000225. The predicted octanol–water partition coefficient (Wildman–Crippen LogP) is 1.87. The van der Waals surface area contributed by atoms with Crippen molar-refractivity contribution in [1.29, 1.82) is 0 Å². The fraction of sp³-hybridized carbons (Fsp3) is 0.300. The van der Waals surface area contributed by atoms with Crippen LogP contribution in [0.5, 0.6) is 0 Å². The summed E-state index contributed by atoms with van der Waals surface area (Å²) < 4.78 is 30.8. The van der Waals surface area contributed by atoms with Crippen molar-refractivity contribution in [1.82, 2.24) is 0 Å². The van der Waals surface area contributed by atoms with E-state index < -0.39 is 23.6 Å². The van der Waals surface area contributed by atoms with Gasteiger partial charge in [-0.05, 0) is 12.5 Å². The Kier molecular flexibility index (Phi) is 5.33. The van der Waals surface area contributed by atoms with E-state index in [2.05, 4.69) is 4.74 Å². The number of benzene rings is 1. The van der Waals surface area contributed by atoms with Gasteiger partial charge >= 0.3 is 5.97 Å². The van der Waals surface area contributed by atoms with Crippen LogP contribution >= 0.6 is 12.4 Å². The van der Waals surface area contributed by atoms with Gasteiger partial charge in [-0.25, -0.2) is 8.78 Å². The molecule has 1 rings (SSSR count). The zero-order chi connectivity index (χ0) is 11.6. The average molecular weight is 252 g/mol. The summed E-state index contributed by atoms with van der Waals surface area (Å²) in [4.78, 5) is 11.0. The molecule has 0 heterocycles. The van der Waals surface area contributed by atoms with E-state index in [0.717, 1.165) is 7.11 Å². The summed E-state index contributed by atoms with van der Waals surface area (Å²) in [5.74, 6) is -2.91. The highest BCUT2D eigenvalue weighted by Crippen LogP contribution is 2.20. The summed E-state index contributed by atoms with van der Waals surface area (Å²) >= 11 is 0. The highest BCUT2D eigenvalue weighted by atomic mass is 35.5. The maximum absolute atomic E-state index is 13.3. The first-order valence-corrected chi connectivity index (χ1v) is 4.27. The Morgan fingerprint density at radius 2 is 1.94 bits per heavy atom. The molecule has 0 bridgehead atoms. The summed E-state index contributed by atoms with van der Waals surface area (Å²) in [5, 5.41) is 0. The molecule has 2 N–H and O–H groups in total. The molecule has 1 atom stereocenters. The van der Waals surface area contributed by atoms with Crippen molar-refractivity contribution in [3.05, 3.63) is 34.9 Å². The summed E-state index contributed by atoms with van der Waals surface area (Å²) in [6.45, 7) is 1.42. The van der Waals surface area contributed by atoms with Crippen molar-refractivity contribution in [2.75, 3.05) is 7.11 Å². The lowest BCUT2D eigenvalue weighted by Gasteiger charge is -2.11. The second-order valence-corrected chi connectivity index (χ2v) is 3.10. The first-order valence-electron chi connectivity index (χ1n) is 4.27. The number of ether oxygens (including phenoxy) is 1. The van der Waals surface area contributed by atoms with Gasteiger partial charge in [0, 0.05) is 5.56 Å². The fourth-order valence-electron chi connectivity index (χ4n) is 1.16. The summed E-state index contributed by atoms with van der Waals surface area (Å²) in [6.07, 6.45) is 0. The highest BCUT2D eigenvalue weighted by molar-refractivity contribution is 5.85. The van der Waals surface area contributed by atoms with Crippen LogP contribution in [-0.4, -0.2) is 13.1 Å². The fourth-order valence-corrected chi connectivity index (χ4v) is 1.16. The van der Waals surface area contributed by atoms with Crippen LogP contribution in [0.2, 0.25) is 0 Å². The monoisotopic (exact) mass is 251 g/mol. The third-order valence-electron chi connectivity index (χ3n) is 2.10. The van der Waals surface area contributed by atoms with Crippen molar-refractivity contribution in [3.63, 3.8) is 0 Å². The maximum atomic E-state index is 13.3. The number of aryl methyl sites for hydroxylation is 1. The van der Waals surface area contributed by atoms with Crippen LogP contribution in [-0.2, 0) is 9.53 Å². The van der Waals surface area contributed by atoms with Crippen molar-refractivity contribution >= 4 is 18.4 Å². The molecule has 0 unspecified atom stereocenters. The van der Waals surface area contributed by atoms with Gasteiger partial charge in [-0.3, -0.25) is 4.79 Å². The first-order chi connectivity index (χ1) is 6.99. The average Bonchev–Trinajstić information content (AvgIpc) is 2.24. The lowest BCUT2D eigenvalue weighted by atomic mass is 10.0. The highest BCUT2D eigenvalue weighted by Gasteiger charge is 2.22. The molecule has 0 aliphatic heterocycles. The Morgan fingerprint density at radius 1 is 1.38 bits per heavy atom. The third kappa shape index (κ3) is 2.68. The lowest BCUT2D eigenvalue weighted by molar-refractivity contribution is -0.142. The van der Waals surface area contributed by atoms with Crippen molar-refractivity contribution < 1.29 is 18.3 Å². The molecular weight excluding hydrogens is 240 g/mol. The van der Waals surface area contributed by atoms with E-state index in [1.165, 1.54) is 19.1 Å². The predicted molar refractivity (Wildman–Crippen MR) is 57.3 cm³/mol. The number of carbonyl (C=O) groups excluding carboxylic acids is 1. The molecule has 0 spiro atoms. The summed E-state index contributed by atoms with van der Waals surface area (Å²) in [5.41, 5.74) is 5.34. The molecule has 16 heavy (non-hydrogen) atoms. The molecular formula is C10H12ClF2NO2. The molecule has 0 saturated heterocycles. The second-order valence-electron chi connectivity index (χ2n) is 3.10. The molecule has 0 amide bonds. The largest absolute Gasteiger partial charge is 0.468 e. The van der Waals surface area contributed by atoms with Gasteiger partial charge in [0.1, 0.15) is 6.04 Å². The normalized spacial score (nSPS) is 11.6. The van der Waals surface area contributed by atoms with E-state index in [-0.39, 0.29) is 23.5 Å². The van der Waals surface area contributed by atoms with E-state index in [1.54, 1.807) is 0 Å². The van der Waals surface area contributed by atoms with E-state index in [1.807, 2.05) is 0 Å². The van der Waals surface area contributed by atoms with Gasteiger partial charge in [-0.1, -0.05) is 12.1 Å². The zero-order valence-corrected chi connectivity index (χ0v) is 9.61. The lowest BCUT2D eigenvalue weighted by Crippen LogP contribution is -2.24. The quantitative estimate of drug-likeness (QED) is 0.817. The zero-order valence-electron chi connectivity index (χ0n) is 8.79. The van der Waals surface area contributed by atoms with Crippen molar-refractivity contribution in [2.45, 2.75) is 13.0 Å². The molecule has 0 aromatic heterocycles. The molecule has 1 aromatic carbocycles. The number of esters is 1. The second kappa shape index (κ2) is 5.77. The van der Waals surface area contributed by atoms with Gasteiger partial charge in [0.2, 0.25) is 0 Å². The molecule has 0 radical (unpaired) electrons. The number of rotatable bonds is 2. The van der Waals surface area contributed by atoms with Crippen LogP contribution in [0.25, 0.3) is 0 Å². The van der Waals surface area contributed by atoms with Gasteiger partial charge in [0.05, 0.1) is 7.11 Å². The minimum atomic E-state index is -1.30. The SMILES string of the molecule is COC(=O)[C@@H](N)c1ccc(C)c(F)c1F.Cl. The molecule has 6 heteroatoms. The van der Waals surface area contributed by atoms with Gasteiger partial charge in [0.15, 0.2) is 11.6 Å². The topological polar surface area (TPSA) is 52.3 Å². The number of nitrogens with two attached hydrogens (primary N) is 1. The molecule has 1 aromatic rings. The van der Waals surface area contributed by atoms with Gasteiger partial charge < -0.3 is 10.5 Å². The smallest absolute Gasteiger partial charge is 0.327 e. The van der Waals surface area contributed by atoms with E-state index in [9.17, 15) is 13.6 Å². The van der Waals surface area contributed by atoms with E-state index in [0.29, 0.717) is 0 Å². The van der Waals surface area contributed by atoms with Crippen LogP contribution in [0, 0.1) is 18.6 Å². The van der Waals surface area contributed by atoms with Crippen LogP contribution in [0.15, 0.2) is 12.1 Å². The summed E-state index contributed by atoms with van der Waals surface area (Å²) in [7, 11) is 1.13. The molecule has 90 valence electrons. The third-order valence-corrected chi connectivity index (χ3v) is 2.10. The Morgan fingerprint density at radius 3 is 2.44 bits per heavy atom. The van der Waals surface area contributed by atoms with E-state index >= 15 is 0 Å². The van der Waals surface area contributed by atoms with Crippen LogP contribution in [0.1, 0.15) is 17.2 Å². The van der Waals surface area contributed by atoms with Crippen LogP contribution < -0.4 is 5.73 Å². The van der Waals surface area contributed by atoms with E-state index in [4.69, 9.17) is 5.73 Å². The number of methoxy groups -OCH3 is 1. The number of carbonyl (C=O) groups is 1. The number of hydrogen-bond donors (Lipinski definition) is 1. The Labute approximate surface area is 98.0 Å². The molecule has 0 saturated carbocycles.